The van der Waals surface area contributed by atoms with Crippen LogP contribution in [0, 0.1) is 5.41 Å². The van der Waals surface area contributed by atoms with Crippen molar-refractivity contribution in [1.82, 2.24) is 0 Å². The minimum absolute atomic E-state index is 0.198. The molecule has 3 heteroatoms. The summed E-state index contributed by atoms with van der Waals surface area (Å²) in [4.78, 5) is 11.6. The summed E-state index contributed by atoms with van der Waals surface area (Å²) in [7, 11) is 0. The van der Waals surface area contributed by atoms with Crippen LogP contribution in [-0.4, -0.2) is 17.6 Å². The molecule has 1 aromatic carbocycles. The van der Waals surface area contributed by atoms with Gasteiger partial charge in [-0.15, -0.1) is 0 Å². The fourth-order valence-corrected chi connectivity index (χ4v) is 2.41. The van der Waals surface area contributed by atoms with Gasteiger partial charge in [0.05, 0.1) is 5.41 Å². The van der Waals surface area contributed by atoms with E-state index in [4.69, 9.17) is 5.73 Å². The molecule has 0 saturated carbocycles. The highest BCUT2D eigenvalue weighted by atomic mass is 16.4. The molecular formula is C16H25NO2. The fourth-order valence-electron chi connectivity index (χ4n) is 2.41. The summed E-state index contributed by atoms with van der Waals surface area (Å²) in [5.41, 5.74) is 6.03. The average Bonchev–Trinajstić information content (AvgIpc) is 2.43. The van der Waals surface area contributed by atoms with Crippen molar-refractivity contribution in [3.8, 4) is 0 Å². The van der Waals surface area contributed by atoms with Crippen molar-refractivity contribution in [1.29, 1.82) is 0 Å². The third-order valence-corrected chi connectivity index (χ3v) is 3.74. The second-order valence-corrected chi connectivity index (χ2v) is 5.26. The topological polar surface area (TPSA) is 63.3 Å². The van der Waals surface area contributed by atoms with E-state index in [-0.39, 0.29) is 6.54 Å². The van der Waals surface area contributed by atoms with E-state index in [0.717, 1.165) is 31.2 Å². The summed E-state index contributed by atoms with van der Waals surface area (Å²) in [5.74, 6) is -0.768. The van der Waals surface area contributed by atoms with E-state index in [1.165, 1.54) is 0 Å². The summed E-state index contributed by atoms with van der Waals surface area (Å²) < 4.78 is 0. The molecular weight excluding hydrogens is 238 g/mol. The molecule has 0 bridgehead atoms. The summed E-state index contributed by atoms with van der Waals surface area (Å²) >= 11 is 0. The summed E-state index contributed by atoms with van der Waals surface area (Å²) in [6.07, 6.45) is 5.51. The normalized spacial score (nSPS) is 14.0. The Bertz CT molecular complexity index is 378. The van der Waals surface area contributed by atoms with E-state index in [1.807, 2.05) is 30.3 Å². The van der Waals surface area contributed by atoms with Gasteiger partial charge in [-0.2, -0.15) is 0 Å². The van der Waals surface area contributed by atoms with Crippen molar-refractivity contribution in [2.75, 3.05) is 6.54 Å². The Morgan fingerprint density at radius 1 is 1.21 bits per heavy atom. The second kappa shape index (κ2) is 7.95. The van der Waals surface area contributed by atoms with Crippen LogP contribution in [0.4, 0.5) is 0 Å². The highest BCUT2D eigenvalue weighted by Gasteiger charge is 2.36. The molecule has 0 unspecified atom stereocenters. The number of unbranched alkanes of at least 4 members (excludes halogenated alkanes) is 3. The van der Waals surface area contributed by atoms with Gasteiger partial charge in [-0.25, -0.2) is 0 Å². The molecule has 0 aromatic heterocycles. The number of carbonyl (C=O) groups is 1. The van der Waals surface area contributed by atoms with Crippen molar-refractivity contribution in [2.45, 2.75) is 45.4 Å². The molecule has 0 aliphatic heterocycles. The zero-order valence-electron chi connectivity index (χ0n) is 11.8. The molecule has 1 aromatic rings. The average molecular weight is 263 g/mol. The number of hydrogen-bond acceptors (Lipinski definition) is 2. The van der Waals surface area contributed by atoms with Crippen molar-refractivity contribution in [3.05, 3.63) is 35.9 Å². The van der Waals surface area contributed by atoms with E-state index in [2.05, 4.69) is 6.92 Å². The number of hydrogen-bond donors (Lipinski definition) is 2. The molecule has 0 amide bonds. The predicted octanol–water partition coefficient (Wildman–Crippen LogP) is 3.23. The highest BCUT2D eigenvalue weighted by Crippen LogP contribution is 2.29. The third-order valence-electron chi connectivity index (χ3n) is 3.74. The van der Waals surface area contributed by atoms with E-state index in [9.17, 15) is 9.90 Å². The maximum absolute atomic E-state index is 11.6. The minimum Gasteiger partial charge on any atom is -0.481 e. The molecule has 1 rings (SSSR count). The second-order valence-electron chi connectivity index (χ2n) is 5.26. The standard InChI is InChI=1S/C16H25NO2/c1-2-3-4-8-11-16(13-17,15(18)19)12-14-9-6-5-7-10-14/h5-7,9-10H,2-4,8,11-13,17H2,1H3,(H,18,19)/t16-/m0/s1. The van der Waals surface area contributed by atoms with Crippen LogP contribution in [0.25, 0.3) is 0 Å². The van der Waals surface area contributed by atoms with Gasteiger partial charge in [-0.1, -0.05) is 62.9 Å². The van der Waals surface area contributed by atoms with Gasteiger partial charge in [-0.3, -0.25) is 4.79 Å². The zero-order valence-corrected chi connectivity index (χ0v) is 11.8. The molecule has 106 valence electrons. The molecule has 3 N–H and O–H groups in total. The minimum atomic E-state index is -0.810. The Labute approximate surface area is 115 Å². The lowest BCUT2D eigenvalue weighted by Crippen LogP contribution is -2.40. The first-order valence-corrected chi connectivity index (χ1v) is 7.12. The van der Waals surface area contributed by atoms with Gasteiger partial charge in [0.15, 0.2) is 0 Å². The maximum Gasteiger partial charge on any atom is 0.311 e. The molecule has 0 heterocycles. The highest BCUT2D eigenvalue weighted by molar-refractivity contribution is 5.75. The molecule has 0 saturated heterocycles. The predicted molar refractivity (Wildman–Crippen MR) is 78.0 cm³/mol. The van der Waals surface area contributed by atoms with Gasteiger partial charge in [0.2, 0.25) is 0 Å². The smallest absolute Gasteiger partial charge is 0.311 e. The quantitative estimate of drug-likeness (QED) is 0.672. The number of carboxylic acid groups (broad SMARTS) is 1. The first kappa shape index (κ1) is 15.7. The van der Waals surface area contributed by atoms with Crippen LogP contribution in [0.2, 0.25) is 0 Å². The summed E-state index contributed by atoms with van der Waals surface area (Å²) in [6.45, 7) is 2.35. The SMILES string of the molecule is CCCCCC[C@@](CN)(Cc1ccccc1)C(=O)O. The first-order chi connectivity index (χ1) is 9.14. The molecule has 3 nitrogen and oxygen atoms in total. The maximum atomic E-state index is 11.6. The van der Waals surface area contributed by atoms with Gasteiger partial charge in [0.25, 0.3) is 0 Å². The summed E-state index contributed by atoms with van der Waals surface area (Å²) in [5, 5.41) is 9.56. The molecule has 0 fully saturated rings. The Morgan fingerprint density at radius 2 is 1.89 bits per heavy atom. The Hall–Kier alpha value is -1.35. The Balaban J connectivity index is 2.72. The molecule has 0 aliphatic carbocycles. The van der Waals surface area contributed by atoms with Gasteiger partial charge in [0, 0.05) is 6.54 Å². The van der Waals surface area contributed by atoms with Crippen molar-refractivity contribution in [2.24, 2.45) is 11.1 Å². The summed E-state index contributed by atoms with van der Waals surface area (Å²) in [6, 6.07) is 9.76. The van der Waals surface area contributed by atoms with Crippen LogP contribution in [0.15, 0.2) is 30.3 Å². The third kappa shape index (κ3) is 4.67. The van der Waals surface area contributed by atoms with Gasteiger partial charge >= 0.3 is 5.97 Å². The number of rotatable bonds is 9. The monoisotopic (exact) mass is 263 g/mol. The fraction of sp³-hybridized carbons (Fsp3) is 0.562. The molecule has 19 heavy (non-hydrogen) atoms. The number of aliphatic carboxylic acids is 1. The van der Waals surface area contributed by atoms with Crippen LogP contribution in [-0.2, 0) is 11.2 Å². The van der Waals surface area contributed by atoms with Crippen molar-refractivity contribution >= 4 is 5.97 Å². The zero-order chi connectivity index (χ0) is 14.1. The van der Waals surface area contributed by atoms with E-state index >= 15 is 0 Å². The Morgan fingerprint density at radius 3 is 2.42 bits per heavy atom. The van der Waals surface area contributed by atoms with Gasteiger partial charge in [-0.05, 0) is 18.4 Å². The van der Waals surface area contributed by atoms with Crippen LogP contribution in [0.5, 0.6) is 0 Å². The lowest BCUT2D eigenvalue weighted by Gasteiger charge is -2.28. The molecule has 1 atom stereocenters. The van der Waals surface area contributed by atoms with E-state index in [0.29, 0.717) is 12.8 Å². The van der Waals surface area contributed by atoms with Crippen LogP contribution in [0.1, 0.15) is 44.6 Å². The molecule has 0 spiro atoms. The van der Waals surface area contributed by atoms with Crippen LogP contribution < -0.4 is 5.73 Å². The van der Waals surface area contributed by atoms with Crippen LogP contribution >= 0.6 is 0 Å². The largest absolute Gasteiger partial charge is 0.481 e. The van der Waals surface area contributed by atoms with E-state index in [1.54, 1.807) is 0 Å². The lowest BCUT2D eigenvalue weighted by molar-refractivity contribution is -0.148. The molecule has 0 aliphatic rings. The number of nitrogens with two attached hydrogens (primary N) is 1. The van der Waals surface area contributed by atoms with Crippen LogP contribution in [0.3, 0.4) is 0 Å². The van der Waals surface area contributed by atoms with Gasteiger partial charge < -0.3 is 10.8 Å². The van der Waals surface area contributed by atoms with Crippen molar-refractivity contribution in [3.63, 3.8) is 0 Å². The molecule has 0 radical (unpaired) electrons. The first-order valence-electron chi connectivity index (χ1n) is 7.12. The van der Waals surface area contributed by atoms with Gasteiger partial charge in [0.1, 0.15) is 0 Å². The number of carboxylic acids is 1. The Kier molecular flexibility index (Phi) is 6.57. The lowest BCUT2D eigenvalue weighted by atomic mass is 9.77. The number of benzene rings is 1. The van der Waals surface area contributed by atoms with Crippen molar-refractivity contribution < 1.29 is 9.90 Å². The van der Waals surface area contributed by atoms with E-state index < -0.39 is 11.4 Å².